The van der Waals surface area contributed by atoms with Gasteiger partial charge in [-0.2, -0.15) is 0 Å². The number of nitrogens with zero attached hydrogens (tertiary/aromatic N) is 1. The van der Waals surface area contributed by atoms with E-state index in [1.807, 2.05) is 25.1 Å². The minimum absolute atomic E-state index is 0. The van der Waals surface area contributed by atoms with Gasteiger partial charge in [0.15, 0.2) is 0 Å². The van der Waals surface area contributed by atoms with E-state index in [4.69, 9.17) is 29.3 Å². The molecule has 0 aliphatic rings. The minimum Gasteiger partial charge on any atom is -0.324 e. The fourth-order valence-electron chi connectivity index (χ4n) is 1.43. The van der Waals surface area contributed by atoms with Gasteiger partial charge >= 0.3 is 0 Å². The van der Waals surface area contributed by atoms with Crippen molar-refractivity contribution in [3.8, 4) is 0 Å². The summed E-state index contributed by atoms with van der Waals surface area (Å²) in [6.45, 7) is 2.41. The van der Waals surface area contributed by atoms with Crippen LogP contribution in [0.4, 0.5) is 0 Å². The first-order valence-electron chi connectivity index (χ1n) is 4.91. The molecule has 16 heavy (non-hydrogen) atoms. The quantitative estimate of drug-likeness (QED) is 0.711. The molecular weight excluding hydrogens is 426 g/mol. The van der Waals surface area contributed by atoms with Crippen LogP contribution < -0.4 is 5.73 Å². The topological polar surface area (TPSA) is 29.3 Å². The van der Waals surface area contributed by atoms with E-state index in [1.165, 1.54) is 5.56 Å². The molecule has 0 spiro atoms. The van der Waals surface area contributed by atoms with Crippen LogP contribution in [-0.2, 0) is 27.5 Å². The van der Waals surface area contributed by atoms with Crippen molar-refractivity contribution in [2.75, 3.05) is 6.54 Å². The molecule has 1 atom stereocenters. The molecule has 0 heterocycles. The molecule has 0 bridgehead atoms. The molecule has 1 aromatic carbocycles. The zero-order valence-corrected chi connectivity index (χ0v) is 12.9. The van der Waals surface area contributed by atoms with Crippen molar-refractivity contribution in [1.82, 2.24) is 3.94 Å². The molecule has 0 aliphatic carbocycles. The molecule has 0 saturated heterocycles. The molecule has 0 radical (unpaired) electrons. The van der Waals surface area contributed by atoms with Gasteiger partial charge in [0.05, 0.1) is 0 Å². The number of hydrogen-bond donors (Lipinski definition) is 1. The molecule has 0 aliphatic heterocycles. The van der Waals surface area contributed by atoms with E-state index < -0.39 is 0 Å². The van der Waals surface area contributed by atoms with Crippen LogP contribution in [0.1, 0.15) is 18.9 Å². The second-order valence-electron chi connectivity index (χ2n) is 4.10. The molecule has 1 rings (SSSR count). The summed E-state index contributed by atoms with van der Waals surface area (Å²) >= 11 is 11.1. The average Bonchev–Trinajstić information content (AvgIpc) is 2.15. The summed E-state index contributed by atoms with van der Waals surface area (Å²) in [4.78, 5) is 0. The molecule has 5 heteroatoms. The van der Waals surface area contributed by atoms with Gasteiger partial charge in [-0.15, -0.1) is 3.94 Å². The predicted octanol–water partition coefficient (Wildman–Crippen LogP) is 2.94. The van der Waals surface area contributed by atoms with Gasteiger partial charge in [0, 0.05) is 33.1 Å². The second-order valence-corrected chi connectivity index (χ2v) is 5.09. The number of nitrogens with two attached hydrogens (primary N) is 1. The summed E-state index contributed by atoms with van der Waals surface area (Å²) < 4.78 is 1.09. The van der Waals surface area contributed by atoms with E-state index in [0.717, 1.165) is 16.8 Å². The Morgan fingerprint density at radius 2 is 1.81 bits per heavy atom. The van der Waals surface area contributed by atoms with Crippen molar-refractivity contribution in [3.05, 3.63) is 35.9 Å². The summed E-state index contributed by atoms with van der Waals surface area (Å²) in [7, 11) is 0. The molecule has 0 amide bonds. The van der Waals surface area contributed by atoms with Gasteiger partial charge in [0.2, 0.25) is 0 Å². The Morgan fingerprint density at radius 1 is 1.25 bits per heavy atom. The molecule has 0 aromatic heterocycles. The Bertz CT molecular complexity index is 291. The van der Waals surface area contributed by atoms with Crippen LogP contribution in [0.15, 0.2) is 30.3 Å². The van der Waals surface area contributed by atoms with E-state index in [-0.39, 0.29) is 26.6 Å². The molecule has 1 aromatic rings. The monoisotopic (exact) mass is 441 g/mol. The van der Waals surface area contributed by atoms with E-state index in [1.54, 1.807) is 0 Å². The van der Waals surface area contributed by atoms with Gasteiger partial charge in [-0.25, -0.2) is 0 Å². The normalized spacial score (nSPS) is 14.3. The SMILES string of the molecule is CC(N)(CCc1ccccc1)CN(Cl)Cl.[Pt]. The number of halogens is 2. The van der Waals surface area contributed by atoms with E-state index >= 15 is 0 Å². The summed E-state index contributed by atoms with van der Waals surface area (Å²) in [6.07, 6.45) is 1.79. The first-order valence-corrected chi connectivity index (χ1v) is 5.59. The third-order valence-corrected chi connectivity index (χ3v) is 2.55. The average molecular weight is 442 g/mol. The molecule has 2 nitrogen and oxygen atoms in total. The molecule has 2 N–H and O–H groups in total. The van der Waals surface area contributed by atoms with Gasteiger partial charge in [-0.1, -0.05) is 30.3 Å². The second kappa shape index (κ2) is 7.68. The molecule has 94 valence electrons. The fraction of sp³-hybridized carbons (Fsp3) is 0.455. The Kier molecular flexibility index (Phi) is 7.88. The van der Waals surface area contributed by atoms with Crippen molar-refractivity contribution < 1.29 is 21.1 Å². The Balaban J connectivity index is 0.00000225. The van der Waals surface area contributed by atoms with Gasteiger partial charge < -0.3 is 5.73 Å². The Morgan fingerprint density at radius 3 is 2.31 bits per heavy atom. The summed E-state index contributed by atoms with van der Waals surface area (Å²) in [5.41, 5.74) is 6.98. The van der Waals surface area contributed by atoms with Crippen molar-refractivity contribution in [1.29, 1.82) is 0 Å². The smallest absolute Gasteiger partial charge is 0.0482 e. The predicted molar refractivity (Wildman–Crippen MR) is 65.8 cm³/mol. The summed E-state index contributed by atoms with van der Waals surface area (Å²) in [5, 5.41) is 0. The van der Waals surface area contributed by atoms with Crippen molar-refractivity contribution in [3.63, 3.8) is 0 Å². The molecule has 1 unspecified atom stereocenters. The minimum atomic E-state index is -0.362. The third kappa shape index (κ3) is 6.88. The maximum atomic E-state index is 6.05. The van der Waals surface area contributed by atoms with Crippen LogP contribution in [0.5, 0.6) is 0 Å². The van der Waals surface area contributed by atoms with Crippen molar-refractivity contribution >= 4 is 23.6 Å². The van der Waals surface area contributed by atoms with Crippen LogP contribution in [0.2, 0.25) is 0 Å². The number of rotatable bonds is 5. The van der Waals surface area contributed by atoms with E-state index in [0.29, 0.717) is 6.54 Å². The Labute approximate surface area is 122 Å². The van der Waals surface area contributed by atoms with E-state index in [2.05, 4.69) is 12.1 Å². The zero-order chi connectivity index (χ0) is 11.3. The molecule has 0 saturated carbocycles. The van der Waals surface area contributed by atoms with Gasteiger partial charge in [-0.3, -0.25) is 0 Å². The first kappa shape index (κ1) is 16.4. The van der Waals surface area contributed by atoms with Crippen molar-refractivity contribution in [2.24, 2.45) is 5.73 Å². The largest absolute Gasteiger partial charge is 0.324 e. The van der Waals surface area contributed by atoms with Gasteiger partial charge in [0.1, 0.15) is 0 Å². The van der Waals surface area contributed by atoms with Crippen LogP contribution in [0.25, 0.3) is 0 Å². The van der Waals surface area contributed by atoms with E-state index in [9.17, 15) is 0 Å². The maximum Gasteiger partial charge on any atom is 0.0482 e. The molecule has 0 fully saturated rings. The standard InChI is InChI=1S/C11H16Cl2N2.Pt/c1-11(14,9-15(12)13)8-7-10-5-3-2-4-6-10;/h2-6H,7-9,14H2,1H3;. The van der Waals surface area contributed by atoms with Crippen molar-refractivity contribution in [2.45, 2.75) is 25.3 Å². The number of benzene rings is 1. The van der Waals surface area contributed by atoms with Crippen LogP contribution >= 0.6 is 23.6 Å². The van der Waals surface area contributed by atoms with Gasteiger partial charge in [-0.05, 0) is 48.9 Å². The van der Waals surface area contributed by atoms with Gasteiger partial charge in [0.25, 0.3) is 0 Å². The molecular formula is C11H16Cl2N2Pt. The first-order chi connectivity index (χ1) is 6.99. The summed E-state index contributed by atoms with van der Waals surface area (Å²) in [6, 6.07) is 10.2. The fourth-order valence-corrected chi connectivity index (χ4v) is 1.97. The van der Waals surface area contributed by atoms with Crippen LogP contribution in [-0.4, -0.2) is 16.0 Å². The van der Waals surface area contributed by atoms with Crippen LogP contribution in [0, 0.1) is 0 Å². The summed E-state index contributed by atoms with van der Waals surface area (Å²) in [5.74, 6) is 0. The number of hydrogen-bond acceptors (Lipinski definition) is 2. The Hall–Kier alpha value is 0.408. The maximum absolute atomic E-state index is 6.05. The van der Waals surface area contributed by atoms with Crippen LogP contribution in [0.3, 0.4) is 0 Å². The zero-order valence-electron chi connectivity index (χ0n) is 9.10. The number of aryl methyl sites for hydroxylation is 1. The third-order valence-electron chi connectivity index (χ3n) is 2.31.